The molecular weight excluding hydrogens is 412 g/mol. The Morgan fingerprint density at radius 1 is 0.788 bits per heavy atom. The van der Waals surface area contributed by atoms with E-state index in [1.165, 1.54) is 0 Å². The fourth-order valence-corrected chi connectivity index (χ4v) is 4.00. The largest absolute Gasteiger partial charge is 0.496 e. The minimum absolute atomic E-state index is 0.0704. The van der Waals surface area contributed by atoms with Crippen molar-refractivity contribution in [3.05, 3.63) is 137 Å². The molecule has 0 saturated heterocycles. The van der Waals surface area contributed by atoms with Crippen molar-refractivity contribution in [2.75, 3.05) is 7.11 Å². The van der Waals surface area contributed by atoms with E-state index in [0.717, 1.165) is 22.3 Å². The lowest BCUT2D eigenvalue weighted by Crippen LogP contribution is -2.53. The number of carbonyl (C=O) groups is 1. The highest BCUT2D eigenvalue weighted by molar-refractivity contribution is 5.94. The lowest BCUT2D eigenvalue weighted by molar-refractivity contribution is 0.0918. The summed E-state index contributed by atoms with van der Waals surface area (Å²) in [5.41, 5.74) is 9.32. The monoisotopic (exact) mass is 438 g/mol. The van der Waals surface area contributed by atoms with Gasteiger partial charge in [0.2, 0.25) is 0 Å². The second-order valence-corrected chi connectivity index (χ2v) is 7.62. The number of aliphatic hydroxyl groups is 1. The molecule has 0 atom stereocenters. The lowest BCUT2D eigenvalue weighted by atomic mass is 9.77. The SMILES string of the molecule is COc1ccccc1C(NNC(=O)c1ccc(CO)cc1)(c1ccccc1)c1ccccc1. The predicted molar refractivity (Wildman–Crippen MR) is 129 cm³/mol. The normalized spacial score (nSPS) is 11.1. The average Bonchev–Trinajstić information content (AvgIpc) is 2.90. The third kappa shape index (κ3) is 4.51. The highest BCUT2D eigenvalue weighted by Crippen LogP contribution is 2.40. The van der Waals surface area contributed by atoms with Crippen LogP contribution < -0.4 is 15.6 Å². The number of amides is 1. The zero-order chi connectivity index (χ0) is 23.1. The first kappa shape index (κ1) is 22.3. The van der Waals surface area contributed by atoms with Crippen molar-refractivity contribution in [3.8, 4) is 5.75 Å². The van der Waals surface area contributed by atoms with Crippen molar-refractivity contribution >= 4 is 5.91 Å². The van der Waals surface area contributed by atoms with Crippen LogP contribution in [0, 0.1) is 0 Å². The number of rotatable bonds is 8. The number of hydrogen-bond donors (Lipinski definition) is 3. The molecular formula is C28H26N2O3. The molecule has 5 heteroatoms. The summed E-state index contributed by atoms with van der Waals surface area (Å²) in [6.07, 6.45) is 0. The van der Waals surface area contributed by atoms with Crippen LogP contribution in [0.3, 0.4) is 0 Å². The van der Waals surface area contributed by atoms with E-state index in [1.807, 2.05) is 84.9 Å². The van der Waals surface area contributed by atoms with Crippen molar-refractivity contribution in [2.24, 2.45) is 0 Å². The zero-order valence-corrected chi connectivity index (χ0v) is 18.4. The second kappa shape index (κ2) is 10.1. The van der Waals surface area contributed by atoms with Crippen LogP contribution in [0.25, 0.3) is 0 Å². The minimum Gasteiger partial charge on any atom is -0.496 e. The van der Waals surface area contributed by atoms with Crippen molar-refractivity contribution < 1.29 is 14.6 Å². The number of hydrazine groups is 1. The maximum Gasteiger partial charge on any atom is 0.265 e. The summed E-state index contributed by atoms with van der Waals surface area (Å²) in [6.45, 7) is -0.0704. The number of benzene rings is 4. The molecule has 3 N–H and O–H groups in total. The van der Waals surface area contributed by atoms with Gasteiger partial charge in [-0.05, 0) is 34.9 Å². The van der Waals surface area contributed by atoms with Gasteiger partial charge in [-0.15, -0.1) is 0 Å². The van der Waals surface area contributed by atoms with E-state index in [1.54, 1.807) is 31.4 Å². The Bertz CT molecular complexity index is 1150. The van der Waals surface area contributed by atoms with E-state index in [9.17, 15) is 9.90 Å². The first-order valence-corrected chi connectivity index (χ1v) is 10.7. The number of hydrogen-bond acceptors (Lipinski definition) is 4. The van der Waals surface area contributed by atoms with Gasteiger partial charge in [-0.2, -0.15) is 0 Å². The Morgan fingerprint density at radius 3 is 1.88 bits per heavy atom. The summed E-state index contributed by atoms with van der Waals surface area (Å²) >= 11 is 0. The molecule has 5 nitrogen and oxygen atoms in total. The van der Waals surface area contributed by atoms with E-state index >= 15 is 0 Å². The molecule has 166 valence electrons. The number of carbonyl (C=O) groups excluding carboxylic acids is 1. The van der Waals surface area contributed by atoms with Crippen LogP contribution in [0.2, 0.25) is 0 Å². The average molecular weight is 439 g/mol. The van der Waals surface area contributed by atoms with Gasteiger partial charge in [-0.3, -0.25) is 10.2 Å². The second-order valence-electron chi connectivity index (χ2n) is 7.62. The van der Waals surface area contributed by atoms with Gasteiger partial charge in [0.25, 0.3) is 5.91 Å². The zero-order valence-electron chi connectivity index (χ0n) is 18.4. The van der Waals surface area contributed by atoms with Gasteiger partial charge in [0.05, 0.1) is 13.7 Å². The molecule has 0 radical (unpaired) electrons. The summed E-state index contributed by atoms with van der Waals surface area (Å²) < 4.78 is 5.73. The summed E-state index contributed by atoms with van der Waals surface area (Å²) in [5, 5.41) is 9.28. The molecule has 0 aliphatic rings. The quantitative estimate of drug-likeness (QED) is 0.281. The Balaban J connectivity index is 1.83. The molecule has 0 bridgehead atoms. The third-order valence-electron chi connectivity index (χ3n) is 5.69. The maximum atomic E-state index is 13.1. The van der Waals surface area contributed by atoms with Crippen LogP contribution in [-0.2, 0) is 12.1 Å². The van der Waals surface area contributed by atoms with Gasteiger partial charge in [-0.1, -0.05) is 91.0 Å². The van der Waals surface area contributed by atoms with E-state index < -0.39 is 5.54 Å². The van der Waals surface area contributed by atoms with Gasteiger partial charge in [0.1, 0.15) is 11.3 Å². The van der Waals surface area contributed by atoms with Gasteiger partial charge < -0.3 is 9.84 Å². The first-order chi connectivity index (χ1) is 16.2. The summed E-state index contributed by atoms with van der Waals surface area (Å²) in [4.78, 5) is 13.1. The maximum absolute atomic E-state index is 13.1. The van der Waals surface area contributed by atoms with Crippen LogP contribution >= 0.6 is 0 Å². The number of aliphatic hydroxyl groups excluding tert-OH is 1. The number of nitrogens with one attached hydrogen (secondary N) is 2. The van der Waals surface area contributed by atoms with E-state index in [0.29, 0.717) is 11.3 Å². The number of methoxy groups -OCH3 is 1. The fraction of sp³-hybridized carbons (Fsp3) is 0.107. The molecule has 0 unspecified atom stereocenters. The Kier molecular flexibility index (Phi) is 6.83. The number of ether oxygens (including phenoxy) is 1. The van der Waals surface area contributed by atoms with Crippen LogP contribution in [0.1, 0.15) is 32.6 Å². The van der Waals surface area contributed by atoms with Crippen molar-refractivity contribution in [3.63, 3.8) is 0 Å². The Morgan fingerprint density at radius 2 is 1.33 bits per heavy atom. The van der Waals surface area contributed by atoms with E-state index in [-0.39, 0.29) is 12.5 Å². The Labute approximate surface area is 193 Å². The van der Waals surface area contributed by atoms with Crippen LogP contribution in [-0.4, -0.2) is 18.1 Å². The molecule has 4 aromatic rings. The van der Waals surface area contributed by atoms with Gasteiger partial charge in [-0.25, -0.2) is 5.43 Å². The lowest BCUT2D eigenvalue weighted by Gasteiger charge is -2.37. The van der Waals surface area contributed by atoms with Crippen LogP contribution in [0.15, 0.2) is 109 Å². The summed E-state index contributed by atoms with van der Waals surface area (Å²) in [5.74, 6) is 0.407. The topological polar surface area (TPSA) is 70.6 Å². The fourth-order valence-electron chi connectivity index (χ4n) is 4.00. The molecule has 0 aliphatic heterocycles. The van der Waals surface area contributed by atoms with E-state index in [2.05, 4.69) is 10.9 Å². The molecule has 4 aromatic carbocycles. The Hall–Kier alpha value is -3.93. The molecule has 0 saturated carbocycles. The summed E-state index contributed by atoms with van der Waals surface area (Å²) in [7, 11) is 1.64. The van der Waals surface area contributed by atoms with E-state index in [4.69, 9.17) is 4.74 Å². The van der Waals surface area contributed by atoms with Crippen molar-refractivity contribution in [1.82, 2.24) is 10.9 Å². The summed E-state index contributed by atoms with van der Waals surface area (Å²) in [6, 6.07) is 34.5. The van der Waals surface area contributed by atoms with Gasteiger partial charge in [0.15, 0.2) is 0 Å². The smallest absolute Gasteiger partial charge is 0.265 e. The standard InChI is InChI=1S/C28H26N2O3/c1-33-26-15-9-8-14-25(26)28(23-10-4-2-5-11-23,24-12-6-3-7-13-24)30-29-27(32)22-18-16-21(20-31)17-19-22/h2-19,30-31H,20H2,1H3,(H,29,32). The molecule has 33 heavy (non-hydrogen) atoms. The van der Waals surface area contributed by atoms with Crippen LogP contribution in [0.4, 0.5) is 0 Å². The first-order valence-electron chi connectivity index (χ1n) is 10.7. The highest BCUT2D eigenvalue weighted by atomic mass is 16.5. The molecule has 0 heterocycles. The third-order valence-corrected chi connectivity index (χ3v) is 5.69. The highest BCUT2D eigenvalue weighted by Gasteiger charge is 2.39. The molecule has 0 aliphatic carbocycles. The molecule has 0 spiro atoms. The molecule has 0 fully saturated rings. The van der Waals surface area contributed by atoms with Crippen molar-refractivity contribution in [2.45, 2.75) is 12.1 Å². The van der Waals surface area contributed by atoms with Gasteiger partial charge in [0, 0.05) is 11.1 Å². The van der Waals surface area contributed by atoms with Gasteiger partial charge >= 0.3 is 0 Å². The predicted octanol–water partition coefficient (Wildman–Crippen LogP) is 4.41. The molecule has 0 aromatic heterocycles. The van der Waals surface area contributed by atoms with Crippen molar-refractivity contribution in [1.29, 1.82) is 0 Å². The molecule has 4 rings (SSSR count). The molecule has 1 amide bonds. The van der Waals surface area contributed by atoms with Crippen LogP contribution in [0.5, 0.6) is 5.75 Å². The minimum atomic E-state index is -0.921. The number of para-hydroxylation sites is 1.